The van der Waals surface area contributed by atoms with Crippen molar-refractivity contribution in [1.29, 1.82) is 0 Å². The molecule has 0 radical (unpaired) electrons. The molecule has 2 rings (SSSR count). The molecule has 15 heavy (non-hydrogen) atoms. The molecule has 0 bridgehead atoms. The minimum absolute atomic E-state index is 0.450. The SMILES string of the molecule is S=c1nc(/C=C/c2ccc(Cl)cc2)[nH][nH]1. The van der Waals surface area contributed by atoms with Gasteiger partial charge in [0.25, 0.3) is 0 Å². The number of benzene rings is 1. The van der Waals surface area contributed by atoms with E-state index in [1.807, 2.05) is 36.4 Å². The monoisotopic (exact) mass is 237 g/mol. The van der Waals surface area contributed by atoms with E-state index in [1.54, 1.807) is 0 Å². The summed E-state index contributed by atoms with van der Waals surface area (Å²) in [5.41, 5.74) is 1.06. The van der Waals surface area contributed by atoms with Crippen molar-refractivity contribution in [3.63, 3.8) is 0 Å². The summed E-state index contributed by atoms with van der Waals surface area (Å²) in [5.74, 6) is 0.704. The largest absolute Gasteiger partial charge is 0.282 e. The van der Waals surface area contributed by atoms with E-state index in [1.165, 1.54) is 0 Å². The first kappa shape index (κ1) is 10.1. The number of nitrogens with zero attached hydrogens (tertiary/aromatic N) is 1. The Morgan fingerprint density at radius 2 is 1.87 bits per heavy atom. The molecule has 0 aliphatic rings. The van der Waals surface area contributed by atoms with Crippen LogP contribution in [0.3, 0.4) is 0 Å². The third-order valence-corrected chi connectivity index (χ3v) is 2.27. The molecule has 1 heterocycles. The summed E-state index contributed by atoms with van der Waals surface area (Å²) in [7, 11) is 0. The second kappa shape index (κ2) is 4.42. The molecule has 76 valence electrons. The molecule has 1 aromatic carbocycles. The molecule has 2 N–H and O–H groups in total. The zero-order chi connectivity index (χ0) is 10.7. The van der Waals surface area contributed by atoms with Crippen molar-refractivity contribution in [2.24, 2.45) is 0 Å². The van der Waals surface area contributed by atoms with Gasteiger partial charge in [0.2, 0.25) is 4.77 Å². The smallest absolute Gasteiger partial charge is 0.213 e. The van der Waals surface area contributed by atoms with E-state index in [4.69, 9.17) is 23.8 Å². The first-order chi connectivity index (χ1) is 7.24. The average molecular weight is 238 g/mol. The van der Waals surface area contributed by atoms with Gasteiger partial charge in [0.15, 0.2) is 0 Å². The van der Waals surface area contributed by atoms with E-state index < -0.39 is 0 Å². The second-order valence-corrected chi connectivity index (χ2v) is 3.76. The topological polar surface area (TPSA) is 44.5 Å². The molecule has 0 fully saturated rings. The number of rotatable bonds is 2. The van der Waals surface area contributed by atoms with Crippen molar-refractivity contribution in [1.82, 2.24) is 15.2 Å². The fourth-order valence-corrected chi connectivity index (χ4v) is 1.39. The van der Waals surface area contributed by atoms with E-state index in [-0.39, 0.29) is 0 Å². The van der Waals surface area contributed by atoms with Crippen LogP contribution in [0.4, 0.5) is 0 Å². The number of hydrogen-bond donors (Lipinski definition) is 2. The lowest BCUT2D eigenvalue weighted by molar-refractivity contribution is 1.07. The number of nitrogens with one attached hydrogen (secondary N) is 2. The minimum Gasteiger partial charge on any atom is -0.282 e. The summed E-state index contributed by atoms with van der Waals surface area (Å²) in [6, 6.07) is 7.54. The minimum atomic E-state index is 0.450. The molecule has 0 unspecified atom stereocenters. The van der Waals surface area contributed by atoms with Gasteiger partial charge in [-0.05, 0) is 36.0 Å². The van der Waals surface area contributed by atoms with E-state index in [9.17, 15) is 0 Å². The van der Waals surface area contributed by atoms with Gasteiger partial charge in [0, 0.05) is 5.02 Å². The molecule has 0 saturated heterocycles. The number of aromatic amines is 2. The standard InChI is InChI=1S/C10H8ClN3S/c11-8-4-1-7(2-5-8)3-6-9-12-10(15)14-13-9/h1-6H,(H2,12,13,14,15)/b6-3+. The summed E-state index contributed by atoms with van der Waals surface area (Å²) in [5, 5.41) is 6.28. The van der Waals surface area contributed by atoms with Crippen LogP contribution < -0.4 is 0 Å². The van der Waals surface area contributed by atoms with Gasteiger partial charge in [-0.15, -0.1) is 0 Å². The Balaban J connectivity index is 2.18. The van der Waals surface area contributed by atoms with Crippen molar-refractivity contribution < 1.29 is 0 Å². The number of halogens is 1. The molecule has 0 spiro atoms. The van der Waals surface area contributed by atoms with Gasteiger partial charge in [-0.2, -0.15) is 0 Å². The molecule has 3 nitrogen and oxygen atoms in total. The third kappa shape index (κ3) is 2.78. The average Bonchev–Trinajstić information content (AvgIpc) is 2.64. The Morgan fingerprint density at radius 3 is 2.47 bits per heavy atom. The van der Waals surface area contributed by atoms with E-state index in [0.717, 1.165) is 10.6 Å². The van der Waals surface area contributed by atoms with Crippen molar-refractivity contribution in [2.45, 2.75) is 0 Å². The molecular formula is C10H8ClN3S. The summed E-state index contributed by atoms with van der Waals surface area (Å²) >= 11 is 10.6. The number of hydrogen-bond acceptors (Lipinski definition) is 2. The first-order valence-corrected chi connectivity index (χ1v) is 5.11. The maximum absolute atomic E-state index is 5.77. The molecule has 0 aliphatic heterocycles. The highest BCUT2D eigenvalue weighted by Gasteiger charge is 1.90. The lowest BCUT2D eigenvalue weighted by Crippen LogP contribution is -1.75. The highest BCUT2D eigenvalue weighted by Crippen LogP contribution is 2.11. The van der Waals surface area contributed by atoms with Crippen LogP contribution in [0.25, 0.3) is 12.2 Å². The van der Waals surface area contributed by atoms with E-state index in [0.29, 0.717) is 10.6 Å². The highest BCUT2D eigenvalue weighted by molar-refractivity contribution is 7.71. The molecule has 0 amide bonds. The van der Waals surface area contributed by atoms with Crippen molar-refractivity contribution >= 4 is 36.0 Å². The summed E-state index contributed by atoms with van der Waals surface area (Å²) < 4.78 is 0.450. The Labute approximate surface area is 96.8 Å². The van der Waals surface area contributed by atoms with Crippen molar-refractivity contribution in [2.75, 3.05) is 0 Å². The molecule has 2 aromatic rings. The van der Waals surface area contributed by atoms with Crippen molar-refractivity contribution in [3.8, 4) is 0 Å². The Morgan fingerprint density at radius 1 is 1.13 bits per heavy atom. The summed E-state index contributed by atoms with van der Waals surface area (Å²) in [4.78, 5) is 4.03. The maximum atomic E-state index is 5.77. The summed E-state index contributed by atoms with van der Waals surface area (Å²) in [6.45, 7) is 0. The molecule has 0 saturated carbocycles. The third-order valence-electron chi connectivity index (χ3n) is 1.82. The van der Waals surface area contributed by atoms with Crippen LogP contribution in [0.1, 0.15) is 11.4 Å². The fraction of sp³-hybridized carbons (Fsp3) is 0. The van der Waals surface area contributed by atoms with E-state index >= 15 is 0 Å². The second-order valence-electron chi connectivity index (χ2n) is 2.94. The fourth-order valence-electron chi connectivity index (χ4n) is 1.11. The molecule has 0 aliphatic carbocycles. The van der Waals surface area contributed by atoms with Gasteiger partial charge in [-0.25, -0.2) is 4.98 Å². The first-order valence-electron chi connectivity index (χ1n) is 4.32. The van der Waals surface area contributed by atoms with E-state index in [2.05, 4.69) is 15.2 Å². The van der Waals surface area contributed by atoms with Crippen LogP contribution in [-0.2, 0) is 0 Å². The number of aromatic nitrogens is 3. The maximum Gasteiger partial charge on any atom is 0.213 e. The lowest BCUT2D eigenvalue weighted by atomic mass is 10.2. The van der Waals surface area contributed by atoms with Crippen molar-refractivity contribution in [3.05, 3.63) is 45.4 Å². The lowest BCUT2D eigenvalue weighted by Gasteiger charge is -1.92. The van der Waals surface area contributed by atoms with Crippen LogP contribution in [0, 0.1) is 4.77 Å². The normalized spacial score (nSPS) is 11.0. The number of H-pyrrole nitrogens is 2. The Bertz CT molecular complexity index is 524. The quantitative estimate of drug-likeness (QED) is 0.788. The zero-order valence-corrected chi connectivity index (χ0v) is 9.27. The van der Waals surface area contributed by atoms with Crippen LogP contribution >= 0.6 is 23.8 Å². The van der Waals surface area contributed by atoms with Crippen LogP contribution in [0.5, 0.6) is 0 Å². The van der Waals surface area contributed by atoms with Crippen LogP contribution in [0.15, 0.2) is 24.3 Å². The predicted octanol–water partition coefficient (Wildman–Crippen LogP) is 3.29. The molecule has 0 atom stereocenters. The van der Waals surface area contributed by atoms with Gasteiger partial charge in [-0.3, -0.25) is 10.2 Å². The van der Waals surface area contributed by atoms with Gasteiger partial charge < -0.3 is 0 Å². The molecule has 1 aromatic heterocycles. The molecular weight excluding hydrogens is 230 g/mol. The molecule has 5 heteroatoms. The predicted molar refractivity (Wildman–Crippen MR) is 64.2 cm³/mol. The van der Waals surface area contributed by atoms with Gasteiger partial charge in [-0.1, -0.05) is 29.8 Å². The Kier molecular flexibility index (Phi) is 2.99. The van der Waals surface area contributed by atoms with Gasteiger partial charge >= 0.3 is 0 Å². The highest BCUT2D eigenvalue weighted by atomic mass is 35.5. The zero-order valence-electron chi connectivity index (χ0n) is 7.70. The Hall–Kier alpha value is -1.39. The summed E-state index contributed by atoms with van der Waals surface area (Å²) in [6.07, 6.45) is 3.77. The van der Waals surface area contributed by atoms with Gasteiger partial charge in [0.05, 0.1) is 0 Å². The van der Waals surface area contributed by atoms with Crippen LogP contribution in [0.2, 0.25) is 5.02 Å². The van der Waals surface area contributed by atoms with Crippen LogP contribution in [-0.4, -0.2) is 15.2 Å². The van der Waals surface area contributed by atoms with Gasteiger partial charge in [0.1, 0.15) is 5.82 Å².